The number of aliphatic hydroxyl groups excluding tert-OH is 1. The van der Waals surface area contributed by atoms with Crippen LogP contribution < -0.4 is 4.74 Å². The molecule has 0 radical (unpaired) electrons. The number of para-hydroxylation sites is 1. The van der Waals surface area contributed by atoms with Crippen molar-refractivity contribution in [3.63, 3.8) is 0 Å². The van der Waals surface area contributed by atoms with Crippen molar-refractivity contribution in [1.29, 1.82) is 0 Å². The first-order valence-electron chi connectivity index (χ1n) is 8.15. The molecule has 0 amide bonds. The molecule has 0 aromatic heterocycles. The van der Waals surface area contributed by atoms with Gasteiger partial charge in [0.05, 0.1) is 6.10 Å². The molecule has 118 valence electrons. The maximum Gasteiger partial charge on any atom is 0.124 e. The van der Waals surface area contributed by atoms with Gasteiger partial charge in [-0.05, 0) is 58.6 Å². The molecular formula is C18H29NO2. The largest absolute Gasteiger partial charge is 0.491 e. The van der Waals surface area contributed by atoms with Gasteiger partial charge in [0, 0.05) is 24.8 Å². The van der Waals surface area contributed by atoms with Gasteiger partial charge in [-0.3, -0.25) is 4.90 Å². The Morgan fingerprint density at radius 3 is 2.48 bits per heavy atom. The second-order valence-corrected chi connectivity index (χ2v) is 6.55. The molecule has 0 spiro atoms. The van der Waals surface area contributed by atoms with E-state index in [1.54, 1.807) is 0 Å². The second kappa shape index (κ2) is 7.81. The molecule has 1 aliphatic rings. The van der Waals surface area contributed by atoms with Crippen molar-refractivity contribution in [2.75, 3.05) is 13.7 Å². The maximum absolute atomic E-state index is 9.24. The molecule has 21 heavy (non-hydrogen) atoms. The van der Waals surface area contributed by atoms with Crippen LogP contribution in [0.25, 0.3) is 0 Å². The Labute approximate surface area is 128 Å². The zero-order chi connectivity index (χ0) is 15.2. The molecule has 0 heterocycles. The van der Waals surface area contributed by atoms with Crippen LogP contribution in [0.2, 0.25) is 0 Å². The lowest BCUT2D eigenvalue weighted by molar-refractivity contribution is 0.123. The molecule has 0 bridgehead atoms. The predicted molar refractivity (Wildman–Crippen MR) is 86.5 cm³/mol. The third-order valence-electron chi connectivity index (χ3n) is 4.45. The summed E-state index contributed by atoms with van der Waals surface area (Å²) in [4.78, 5) is 2.44. The summed E-state index contributed by atoms with van der Waals surface area (Å²) in [6.45, 7) is 5.41. The summed E-state index contributed by atoms with van der Waals surface area (Å²) >= 11 is 0. The zero-order valence-corrected chi connectivity index (χ0v) is 13.6. The quantitative estimate of drug-likeness (QED) is 0.871. The Balaban J connectivity index is 1.95. The van der Waals surface area contributed by atoms with Gasteiger partial charge in [0.2, 0.25) is 0 Å². The lowest BCUT2D eigenvalue weighted by Gasteiger charge is -2.34. The van der Waals surface area contributed by atoms with Gasteiger partial charge in [-0.25, -0.2) is 0 Å². The summed E-state index contributed by atoms with van der Waals surface area (Å²) in [5, 5.41) is 9.24. The van der Waals surface area contributed by atoms with Crippen molar-refractivity contribution in [2.45, 2.75) is 58.2 Å². The van der Waals surface area contributed by atoms with Crippen LogP contribution in [0.15, 0.2) is 24.3 Å². The highest BCUT2D eigenvalue weighted by atomic mass is 16.5. The topological polar surface area (TPSA) is 32.7 Å². The van der Waals surface area contributed by atoms with E-state index in [-0.39, 0.29) is 6.10 Å². The van der Waals surface area contributed by atoms with Gasteiger partial charge in [-0.2, -0.15) is 0 Å². The van der Waals surface area contributed by atoms with E-state index in [4.69, 9.17) is 4.74 Å². The van der Waals surface area contributed by atoms with Gasteiger partial charge in [0.25, 0.3) is 0 Å². The van der Waals surface area contributed by atoms with E-state index in [1.165, 1.54) is 18.4 Å². The normalized spacial score (nSPS) is 22.8. The number of rotatable bonds is 6. The fraction of sp³-hybridized carbons (Fsp3) is 0.667. The zero-order valence-electron chi connectivity index (χ0n) is 13.6. The maximum atomic E-state index is 9.24. The number of aliphatic hydroxyl groups is 1. The van der Waals surface area contributed by atoms with Crippen LogP contribution in [0, 0.1) is 5.92 Å². The molecule has 1 aliphatic carbocycles. The smallest absolute Gasteiger partial charge is 0.124 e. The van der Waals surface area contributed by atoms with Crippen molar-refractivity contribution in [3.8, 4) is 5.75 Å². The highest BCUT2D eigenvalue weighted by Gasteiger charge is 2.24. The minimum absolute atomic E-state index is 0.205. The molecule has 0 unspecified atom stereocenters. The molecule has 0 atom stereocenters. The molecule has 1 aromatic carbocycles. The summed E-state index contributed by atoms with van der Waals surface area (Å²) in [5.74, 6) is 1.52. The molecule has 1 N–H and O–H groups in total. The first kappa shape index (κ1) is 16.3. The van der Waals surface area contributed by atoms with E-state index in [0.29, 0.717) is 18.6 Å². The van der Waals surface area contributed by atoms with Crippen molar-refractivity contribution in [1.82, 2.24) is 4.90 Å². The Morgan fingerprint density at radius 2 is 1.86 bits per heavy atom. The summed E-state index contributed by atoms with van der Waals surface area (Å²) < 4.78 is 5.91. The van der Waals surface area contributed by atoms with Crippen LogP contribution in [-0.4, -0.2) is 35.8 Å². The first-order chi connectivity index (χ1) is 10.1. The van der Waals surface area contributed by atoms with Crippen LogP contribution in [-0.2, 0) is 6.54 Å². The van der Waals surface area contributed by atoms with Gasteiger partial charge in [0.15, 0.2) is 0 Å². The van der Waals surface area contributed by atoms with Crippen LogP contribution in [0.5, 0.6) is 5.75 Å². The number of hydrogen-bond donors (Lipinski definition) is 1. The van der Waals surface area contributed by atoms with Gasteiger partial charge in [0.1, 0.15) is 5.75 Å². The molecule has 2 rings (SSSR count). The summed E-state index contributed by atoms with van der Waals surface area (Å²) in [6.07, 6.45) is 4.88. The fourth-order valence-corrected chi connectivity index (χ4v) is 3.17. The van der Waals surface area contributed by atoms with Crippen LogP contribution in [0.3, 0.4) is 0 Å². The molecule has 1 aromatic rings. The molecule has 0 aliphatic heterocycles. The van der Waals surface area contributed by atoms with E-state index in [1.807, 2.05) is 6.07 Å². The van der Waals surface area contributed by atoms with Crippen molar-refractivity contribution >= 4 is 0 Å². The first-order valence-corrected chi connectivity index (χ1v) is 8.15. The monoisotopic (exact) mass is 291 g/mol. The fourth-order valence-electron chi connectivity index (χ4n) is 3.17. The highest BCUT2D eigenvalue weighted by molar-refractivity contribution is 5.33. The minimum Gasteiger partial charge on any atom is -0.491 e. The van der Waals surface area contributed by atoms with Crippen LogP contribution in [0.1, 0.15) is 45.1 Å². The van der Waals surface area contributed by atoms with Gasteiger partial charge in [-0.15, -0.1) is 0 Å². The molecule has 3 heteroatoms. The number of nitrogens with zero attached hydrogens (tertiary/aromatic N) is 1. The standard InChI is InChI=1S/C18H29NO2/c1-14(2)21-18-7-5-4-6-16(18)12-19(3)17-10-8-15(13-20)9-11-17/h4-7,14-15,17,20H,8-13H2,1-3H3. The molecule has 0 saturated heterocycles. The van der Waals surface area contributed by atoms with Gasteiger partial charge in [-0.1, -0.05) is 18.2 Å². The average Bonchev–Trinajstić information content (AvgIpc) is 2.49. The van der Waals surface area contributed by atoms with Crippen molar-refractivity contribution in [2.24, 2.45) is 5.92 Å². The van der Waals surface area contributed by atoms with E-state index in [0.717, 1.165) is 25.1 Å². The van der Waals surface area contributed by atoms with E-state index in [2.05, 4.69) is 44.0 Å². The Morgan fingerprint density at radius 1 is 1.19 bits per heavy atom. The molecule has 3 nitrogen and oxygen atoms in total. The predicted octanol–water partition coefficient (Wildman–Crippen LogP) is 3.46. The van der Waals surface area contributed by atoms with E-state index in [9.17, 15) is 5.11 Å². The molecule has 1 fully saturated rings. The highest BCUT2D eigenvalue weighted by Crippen LogP contribution is 2.29. The molecular weight excluding hydrogens is 262 g/mol. The van der Waals surface area contributed by atoms with Crippen LogP contribution >= 0.6 is 0 Å². The molecule has 1 saturated carbocycles. The van der Waals surface area contributed by atoms with Crippen molar-refractivity contribution in [3.05, 3.63) is 29.8 Å². The summed E-state index contributed by atoms with van der Waals surface area (Å²) in [5.41, 5.74) is 1.26. The number of benzene rings is 1. The number of ether oxygens (including phenoxy) is 1. The third kappa shape index (κ3) is 4.72. The third-order valence-corrected chi connectivity index (χ3v) is 4.45. The average molecular weight is 291 g/mol. The SMILES string of the molecule is CC(C)Oc1ccccc1CN(C)C1CCC(CO)CC1. The van der Waals surface area contributed by atoms with Gasteiger partial charge >= 0.3 is 0 Å². The summed E-state index contributed by atoms with van der Waals surface area (Å²) in [6, 6.07) is 8.96. The Hall–Kier alpha value is -1.06. The van der Waals surface area contributed by atoms with Gasteiger partial charge < -0.3 is 9.84 Å². The minimum atomic E-state index is 0.205. The lowest BCUT2D eigenvalue weighted by atomic mass is 9.86. The van der Waals surface area contributed by atoms with Crippen LogP contribution in [0.4, 0.5) is 0 Å². The van der Waals surface area contributed by atoms with E-state index >= 15 is 0 Å². The second-order valence-electron chi connectivity index (χ2n) is 6.55. The summed E-state index contributed by atoms with van der Waals surface area (Å²) in [7, 11) is 2.20. The Bertz CT molecular complexity index is 425. The number of hydrogen-bond acceptors (Lipinski definition) is 3. The van der Waals surface area contributed by atoms with E-state index < -0.39 is 0 Å². The Kier molecular flexibility index (Phi) is 6.07. The lowest BCUT2D eigenvalue weighted by Crippen LogP contribution is -2.35. The van der Waals surface area contributed by atoms with Crippen molar-refractivity contribution < 1.29 is 9.84 Å².